The molecule has 3 rings (SSSR count). The first-order valence-electron chi connectivity index (χ1n) is 8.31. The number of nitriles is 1. The third kappa shape index (κ3) is 4.57. The van der Waals surface area contributed by atoms with Crippen molar-refractivity contribution in [3.05, 3.63) is 77.5 Å². The lowest BCUT2D eigenvalue weighted by molar-refractivity contribution is -0.138. The molecule has 0 saturated heterocycles. The van der Waals surface area contributed by atoms with E-state index in [0.29, 0.717) is 11.1 Å². The van der Waals surface area contributed by atoms with E-state index in [0.717, 1.165) is 24.3 Å². The van der Waals surface area contributed by atoms with Gasteiger partial charge < -0.3 is 0 Å². The molecular formula is C21H12F6N2. The van der Waals surface area contributed by atoms with Crippen LogP contribution in [0.15, 0.2) is 60.8 Å². The minimum atomic E-state index is -4.54. The second-order valence-electron chi connectivity index (χ2n) is 6.22. The van der Waals surface area contributed by atoms with Crippen molar-refractivity contribution in [1.29, 1.82) is 5.26 Å². The minimum Gasteiger partial charge on any atom is -0.255 e. The molecule has 0 aliphatic heterocycles. The van der Waals surface area contributed by atoms with Crippen molar-refractivity contribution in [3.8, 4) is 28.5 Å². The van der Waals surface area contributed by atoms with Crippen molar-refractivity contribution in [1.82, 2.24) is 4.98 Å². The van der Waals surface area contributed by atoms with Crippen LogP contribution in [0.1, 0.15) is 16.7 Å². The Hall–Kier alpha value is -3.34. The van der Waals surface area contributed by atoms with Crippen molar-refractivity contribution < 1.29 is 26.3 Å². The molecule has 0 aliphatic carbocycles. The SMILES string of the molecule is N#CCc1cc(-c2cccc(C(F)(F)F)c2)cnc1-c1cccc(C(F)(F)F)c1. The number of rotatable bonds is 3. The van der Waals surface area contributed by atoms with Crippen molar-refractivity contribution >= 4 is 0 Å². The predicted molar refractivity (Wildman–Crippen MR) is 94.4 cm³/mol. The zero-order valence-corrected chi connectivity index (χ0v) is 14.6. The highest BCUT2D eigenvalue weighted by molar-refractivity contribution is 5.71. The third-order valence-electron chi connectivity index (χ3n) is 4.22. The monoisotopic (exact) mass is 406 g/mol. The maximum Gasteiger partial charge on any atom is 0.416 e. The summed E-state index contributed by atoms with van der Waals surface area (Å²) in [6.07, 6.45) is -7.93. The molecule has 8 heteroatoms. The topological polar surface area (TPSA) is 36.7 Å². The van der Waals surface area contributed by atoms with E-state index in [1.807, 2.05) is 6.07 Å². The lowest BCUT2D eigenvalue weighted by Gasteiger charge is -2.13. The molecule has 29 heavy (non-hydrogen) atoms. The summed E-state index contributed by atoms with van der Waals surface area (Å²) in [5.74, 6) is 0. The average Bonchev–Trinajstić information content (AvgIpc) is 2.67. The number of hydrogen-bond acceptors (Lipinski definition) is 2. The van der Waals surface area contributed by atoms with E-state index in [1.54, 1.807) is 0 Å². The Labute approximate surface area is 162 Å². The van der Waals surface area contributed by atoms with Crippen LogP contribution in [0.3, 0.4) is 0 Å². The molecule has 0 bridgehead atoms. The lowest BCUT2D eigenvalue weighted by atomic mass is 9.97. The fourth-order valence-electron chi connectivity index (χ4n) is 2.87. The first-order valence-corrected chi connectivity index (χ1v) is 8.31. The lowest BCUT2D eigenvalue weighted by Crippen LogP contribution is -2.05. The van der Waals surface area contributed by atoms with Gasteiger partial charge in [-0.05, 0) is 41.5 Å². The molecule has 148 valence electrons. The summed E-state index contributed by atoms with van der Waals surface area (Å²) in [5, 5.41) is 9.08. The summed E-state index contributed by atoms with van der Waals surface area (Å²) < 4.78 is 77.8. The van der Waals surface area contributed by atoms with Crippen molar-refractivity contribution in [2.45, 2.75) is 18.8 Å². The molecule has 0 amide bonds. The van der Waals surface area contributed by atoms with E-state index >= 15 is 0 Å². The van der Waals surface area contributed by atoms with Gasteiger partial charge >= 0.3 is 12.4 Å². The van der Waals surface area contributed by atoms with E-state index in [4.69, 9.17) is 5.26 Å². The molecule has 0 aliphatic rings. The van der Waals surface area contributed by atoms with Gasteiger partial charge in [0.1, 0.15) is 0 Å². The van der Waals surface area contributed by atoms with Crippen LogP contribution in [0.5, 0.6) is 0 Å². The van der Waals surface area contributed by atoms with Gasteiger partial charge in [0, 0.05) is 17.3 Å². The molecule has 2 nitrogen and oxygen atoms in total. The van der Waals surface area contributed by atoms with Gasteiger partial charge in [0.05, 0.1) is 29.3 Å². The van der Waals surface area contributed by atoms with Crippen molar-refractivity contribution in [2.24, 2.45) is 0 Å². The smallest absolute Gasteiger partial charge is 0.255 e. The predicted octanol–water partition coefficient (Wildman–Crippen LogP) is 6.52. The summed E-state index contributed by atoms with van der Waals surface area (Å²) >= 11 is 0. The zero-order valence-electron chi connectivity index (χ0n) is 14.6. The first-order chi connectivity index (χ1) is 13.6. The molecule has 0 radical (unpaired) electrons. The standard InChI is InChI=1S/C21H12F6N2/c22-20(23,24)17-5-1-3-13(10-17)16-9-15(7-8-28)19(29-12-16)14-4-2-6-18(11-14)21(25,26)27/h1-6,9-12H,7H2. The number of nitrogens with zero attached hydrogens (tertiary/aromatic N) is 2. The van der Waals surface area contributed by atoms with E-state index in [-0.39, 0.29) is 23.2 Å². The van der Waals surface area contributed by atoms with E-state index in [2.05, 4.69) is 4.98 Å². The van der Waals surface area contributed by atoms with Crippen LogP contribution in [-0.4, -0.2) is 4.98 Å². The molecule has 0 spiro atoms. The van der Waals surface area contributed by atoms with Crippen LogP contribution in [-0.2, 0) is 18.8 Å². The summed E-state index contributed by atoms with van der Waals surface area (Å²) in [6.45, 7) is 0. The Kier molecular flexibility index (Phi) is 5.33. The molecule has 0 fully saturated rings. The van der Waals surface area contributed by atoms with Crippen LogP contribution in [0.2, 0.25) is 0 Å². The Balaban J connectivity index is 2.09. The van der Waals surface area contributed by atoms with Crippen molar-refractivity contribution in [3.63, 3.8) is 0 Å². The molecular weight excluding hydrogens is 394 g/mol. The molecule has 0 N–H and O–H groups in total. The molecule has 1 heterocycles. The maximum absolute atomic E-state index is 13.0. The summed E-state index contributed by atoms with van der Waals surface area (Å²) in [4.78, 5) is 4.16. The number of alkyl halides is 6. The fraction of sp³-hybridized carbons (Fsp3) is 0.143. The molecule has 3 aromatic rings. The van der Waals surface area contributed by atoms with Gasteiger partial charge in [0.15, 0.2) is 0 Å². The van der Waals surface area contributed by atoms with Gasteiger partial charge in [-0.1, -0.05) is 24.3 Å². The molecule has 0 atom stereocenters. The summed E-state index contributed by atoms with van der Waals surface area (Å²) in [5.41, 5.74) is -0.463. The van der Waals surface area contributed by atoms with Gasteiger partial charge in [0.25, 0.3) is 0 Å². The van der Waals surface area contributed by atoms with Crippen LogP contribution >= 0.6 is 0 Å². The quantitative estimate of drug-likeness (QED) is 0.465. The fourth-order valence-corrected chi connectivity index (χ4v) is 2.87. The third-order valence-corrected chi connectivity index (χ3v) is 4.22. The van der Waals surface area contributed by atoms with Gasteiger partial charge in [-0.25, -0.2) is 0 Å². The molecule has 2 aromatic carbocycles. The van der Waals surface area contributed by atoms with E-state index in [1.165, 1.54) is 36.5 Å². The Bertz CT molecular complexity index is 1080. The average molecular weight is 406 g/mol. The normalized spacial score (nSPS) is 11.9. The van der Waals surface area contributed by atoms with Gasteiger partial charge in [0.2, 0.25) is 0 Å². The van der Waals surface area contributed by atoms with Crippen LogP contribution in [0, 0.1) is 11.3 Å². The second-order valence-corrected chi connectivity index (χ2v) is 6.22. The number of halogens is 6. The highest BCUT2D eigenvalue weighted by Crippen LogP contribution is 2.35. The van der Waals surface area contributed by atoms with Gasteiger partial charge in [-0.3, -0.25) is 4.98 Å². The second kappa shape index (κ2) is 7.59. The van der Waals surface area contributed by atoms with Crippen LogP contribution < -0.4 is 0 Å². The number of aromatic nitrogens is 1. The van der Waals surface area contributed by atoms with Crippen LogP contribution in [0.25, 0.3) is 22.4 Å². The Morgan fingerprint density at radius 1 is 0.759 bits per heavy atom. The van der Waals surface area contributed by atoms with E-state index < -0.39 is 23.5 Å². The minimum absolute atomic E-state index is 0.161. The number of pyridine rings is 1. The largest absolute Gasteiger partial charge is 0.416 e. The Morgan fingerprint density at radius 2 is 1.31 bits per heavy atom. The summed E-state index contributed by atoms with van der Waals surface area (Å²) in [7, 11) is 0. The molecule has 0 saturated carbocycles. The molecule has 0 unspecified atom stereocenters. The van der Waals surface area contributed by atoms with Gasteiger partial charge in [-0.15, -0.1) is 0 Å². The Morgan fingerprint density at radius 3 is 1.86 bits per heavy atom. The highest BCUT2D eigenvalue weighted by atomic mass is 19.4. The molecule has 1 aromatic heterocycles. The number of hydrogen-bond donors (Lipinski definition) is 0. The van der Waals surface area contributed by atoms with Crippen molar-refractivity contribution in [2.75, 3.05) is 0 Å². The summed E-state index contributed by atoms with van der Waals surface area (Å²) in [6, 6.07) is 12.5. The van der Waals surface area contributed by atoms with Gasteiger partial charge in [-0.2, -0.15) is 31.6 Å². The first kappa shape index (κ1) is 20.4. The number of benzene rings is 2. The van der Waals surface area contributed by atoms with E-state index in [9.17, 15) is 26.3 Å². The highest BCUT2D eigenvalue weighted by Gasteiger charge is 2.31. The maximum atomic E-state index is 13.0. The van der Waals surface area contributed by atoms with Crippen LogP contribution in [0.4, 0.5) is 26.3 Å². The zero-order chi connectivity index (χ0) is 21.2.